The number of nitrogens with zero attached hydrogens (tertiary/aromatic N) is 3. The molecule has 0 bridgehead atoms. The number of hydrogen-bond acceptors (Lipinski definition) is 4. The van der Waals surface area contributed by atoms with Gasteiger partial charge in [0.1, 0.15) is 0 Å². The predicted molar refractivity (Wildman–Crippen MR) is 59.8 cm³/mol. The SMILES string of the molecule is C[C@H]1CNCCN1Cc1ccnc(Cl)n1. The predicted octanol–water partition coefficient (Wildman–Crippen LogP) is 0.924. The summed E-state index contributed by atoms with van der Waals surface area (Å²) in [5.74, 6) is 0. The fraction of sp³-hybridized carbons (Fsp3) is 0.600. The van der Waals surface area contributed by atoms with Crippen molar-refractivity contribution in [2.75, 3.05) is 19.6 Å². The third-order valence-corrected chi connectivity index (χ3v) is 2.87. The third-order valence-electron chi connectivity index (χ3n) is 2.69. The molecule has 1 aliphatic rings. The molecule has 0 radical (unpaired) electrons. The van der Waals surface area contributed by atoms with Crippen LogP contribution < -0.4 is 5.32 Å². The van der Waals surface area contributed by atoms with E-state index in [-0.39, 0.29) is 0 Å². The molecular formula is C10H15ClN4. The van der Waals surface area contributed by atoms with E-state index in [0.717, 1.165) is 31.9 Å². The minimum Gasteiger partial charge on any atom is -0.314 e. The highest BCUT2D eigenvalue weighted by molar-refractivity contribution is 6.28. The summed E-state index contributed by atoms with van der Waals surface area (Å²) in [5.41, 5.74) is 0.990. The maximum absolute atomic E-state index is 5.75. The van der Waals surface area contributed by atoms with Crippen LogP contribution in [0.4, 0.5) is 0 Å². The van der Waals surface area contributed by atoms with Gasteiger partial charge in [-0.25, -0.2) is 9.97 Å². The Balaban J connectivity index is 2.01. The number of rotatable bonds is 2. The molecule has 1 aliphatic heterocycles. The van der Waals surface area contributed by atoms with Gasteiger partial charge in [-0.15, -0.1) is 0 Å². The van der Waals surface area contributed by atoms with Crippen molar-refractivity contribution in [1.82, 2.24) is 20.2 Å². The lowest BCUT2D eigenvalue weighted by molar-refractivity contribution is 0.163. The van der Waals surface area contributed by atoms with E-state index in [1.54, 1.807) is 6.20 Å². The molecule has 5 heteroatoms. The quantitative estimate of drug-likeness (QED) is 0.762. The summed E-state index contributed by atoms with van der Waals surface area (Å²) in [6.45, 7) is 6.21. The van der Waals surface area contributed by atoms with Crippen LogP contribution in [0.5, 0.6) is 0 Å². The molecule has 1 atom stereocenters. The van der Waals surface area contributed by atoms with Crippen LogP contribution >= 0.6 is 11.6 Å². The van der Waals surface area contributed by atoms with Crippen molar-refractivity contribution in [2.24, 2.45) is 0 Å². The normalized spacial score (nSPS) is 22.9. The fourth-order valence-electron chi connectivity index (χ4n) is 1.78. The molecule has 0 unspecified atom stereocenters. The van der Waals surface area contributed by atoms with Crippen molar-refractivity contribution in [3.63, 3.8) is 0 Å². The number of nitrogens with one attached hydrogen (secondary N) is 1. The molecule has 1 saturated heterocycles. The Bertz CT molecular complexity index is 331. The molecule has 2 rings (SSSR count). The summed E-state index contributed by atoms with van der Waals surface area (Å²) in [5, 5.41) is 3.69. The van der Waals surface area contributed by atoms with Crippen LogP contribution in [0.2, 0.25) is 5.28 Å². The van der Waals surface area contributed by atoms with Crippen LogP contribution in [0.3, 0.4) is 0 Å². The molecule has 82 valence electrons. The first-order valence-electron chi connectivity index (χ1n) is 5.18. The highest BCUT2D eigenvalue weighted by atomic mass is 35.5. The first-order valence-corrected chi connectivity index (χ1v) is 5.55. The average Bonchev–Trinajstić information content (AvgIpc) is 2.22. The van der Waals surface area contributed by atoms with Gasteiger partial charge in [-0.1, -0.05) is 0 Å². The van der Waals surface area contributed by atoms with Crippen molar-refractivity contribution in [2.45, 2.75) is 19.5 Å². The Kier molecular flexibility index (Phi) is 3.51. The molecule has 1 aromatic rings. The lowest BCUT2D eigenvalue weighted by Gasteiger charge is -2.33. The van der Waals surface area contributed by atoms with E-state index in [4.69, 9.17) is 11.6 Å². The maximum Gasteiger partial charge on any atom is 0.222 e. The summed E-state index contributed by atoms with van der Waals surface area (Å²) in [4.78, 5) is 10.5. The van der Waals surface area contributed by atoms with Gasteiger partial charge in [0.05, 0.1) is 5.69 Å². The molecule has 0 aliphatic carbocycles. The smallest absolute Gasteiger partial charge is 0.222 e. The minimum atomic E-state index is 0.329. The first kappa shape index (κ1) is 10.8. The second-order valence-electron chi connectivity index (χ2n) is 3.84. The number of halogens is 1. The van der Waals surface area contributed by atoms with Gasteiger partial charge in [0, 0.05) is 38.4 Å². The van der Waals surface area contributed by atoms with Gasteiger partial charge in [0.15, 0.2) is 0 Å². The summed E-state index contributed by atoms with van der Waals surface area (Å²) < 4.78 is 0. The first-order chi connectivity index (χ1) is 7.25. The van der Waals surface area contributed by atoms with Gasteiger partial charge in [-0.2, -0.15) is 0 Å². The van der Waals surface area contributed by atoms with E-state index < -0.39 is 0 Å². The standard InChI is InChI=1S/C10H15ClN4/c1-8-6-12-4-5-15(8)7-9-2-3-13-10(11)14-9/h2-3,8,12H,4-7H2,1H3/t8-/m0/s1. The molecule has 0 aromatic carbocycles. The molecule has 0 amide bonds. The highest BCUT2D eigenvalue weighted by Crippen LogP contribution is 2.09. The second-order valence-corrected chi connectivity index (χ2v) is 4.18. The number of hydrogen-bond donors (Lipinski definition) is 1. The summed E-state index contributed by atoms with van der Waals surface area (Å²) in [6, 6.07) is 2.47. The zero-order valence-electron chi connectivity index (χ0n) is 8.78. The zero-order valence-corrected chi connectivity index (χ0v) is 9.54. The Morgan fingerprint density at radius 1 is 1.67 bits per heavy atom. The number of piperazine rings is 1. The highest BCUT2D eigenvalue weighted by Gasteiger charge is 2.18. The van der Waals surface area contributed by atoms with E-state index in [2.05, 4.69) is 27.1 Å². The minimum absolute atomic E-state index is 0.329. The average molecular weight is 227 g/mol. The van der Waals surface area contributed by atoms with Crippen LogP contribution in [0.15, 0.2) is 12.3 Å². The summed E-state index contributed by atoms with van der Waals surface area (Å²) in [6.07, 6.45) is 1.71. The Morgan fingerprint density at radius 3 is 3.27 bits per heavy atom. The van der Waals surface area contributed by atoms with Crippen LogP contribution in [-0.4, -0.2) is 40.5 Å². The number of aromatic nitrogens is 2. The molecule has 1 N–H and O–H groups in total. The van der Waals surface area contributed by atoms with Crippen molar-refractivity contribution in [3.8, 4) is 0 Å². The Hall–Kier alpha value is -0.710. The van der Waals surface area contributed by atoms with Crippen LogP contribution in [-0.2, 0) is 6.54 Å². The van der Waals surface area contributed by atoms with Gasteiger partial charge in [0.25, 0.3) is 0 Å². The van der Waals surface area contributed by atoms with Crippen LogP contribution in [0.25, 0.3) is 0 Å². The monoisotopic (exact) mass is 226 g/mol. The van der Waals surface area contributed by atoms with Crippen molar-refractivity contribution in [1.29, 1.82) is 0 Å². The maximum atomic E-state index is 5.75. The largest absolute Gasteiger partial charge is 0.314 e. The van der Waals surface area contributed by atoms with Gasteiger partial charge < -0.3 is 5.32 Å². The second kappa shape index (κ2) is 4.88. The third kappa shape index (κ3) is 2.87. The molecule has 0 spiro atoms. The zero-order chi connectivity index (χ0) is 10.7. The molecule has 15 heavy (non-hydrogen) atoms. The van der Waals surface area contributed by atoms with Crippen molar-refractivity contribution in [3.05, 3.63) is 23.2 Å². The van der Waals surface area contributed by atoms with E-state index >= 15 is 0 Å². The van der Waals surface area contributed by atoms with Crippen molar-refractivity contribution < 1.29 is 0 Å². The summed E-state index contributed by atoms with van der Waals surface area (Å²) in [7, 11) is 0. The lowest BCUT2D eigenvalue weighted by atomic mass is 10.2. The summed E-state index contributed by atoms with van der Waals surface area (Å²) >= 11 is 5.75. The topological polar surface area (TPSA) is 41.0 Å². The van der Waals surface area contributed by atoms with Gasteiger partial charge in [0.2, 0.25) is 5.28 Å². The van der Waals surface area contributed by atoms with Crippen LogP contribution in [0, 0.1) is 0 Å². The molecule has 0 saturated carbocycles. The van der Waals surface area contributed by atoms with Gasteiger partial charge in [-0.3, -0.25) is 4.90 Å². The Morgan fingerprint density at radius 2 is 2.53 bits per heavy atom. The van der Waals surface area contributed by atoms with E-state index in [0.29, 0.717) is 11.3 Å². The molecule has 1 aromatic heterocycles. The molecule has 2 heterocycles. The van der Waals surface area contributed by atoms with E-state index in [9.17, 15) is 0 Å². The van der Waals surface area contributed by atoms with Crippen LogP contribution in [0.1, 0.15) is 12.6 Å². The van der Waals surface area contributed by atoms with E-state index in [1.807, 2.05) is 6.07 Å². The van der Waals surface area contributed by atoms with Gasteiger partial charge >= 0.3 is 0 Å². The van der Waals surface area contributed by atoms with Gasteiger partial charge in [-0.05, 0) is 24.6 Å². The Labute approximate surface area is 94.7 Å². The van der Waals surface area contributed by atoms with Crippen molar-refractivity contribution >= 4 is 11.6 Å². The molecular weight excluding hydrogens is 212 g/mol. The molecule has 1 fully saturated rings. The van der Waals surface area contributed by atoms with E-state index in [1.165, 1.54) is 0 Å². The fourth-order valence-corrected chi connectivity index (χ4v) is 1.95. The lowest BCUT2D eigenvalue weighted by Crippen LogP contribution is -2.49. The molecule has 4 nitrogen and oxygen atoms in total.